The summed E-state index contributed by atoms with van der Waals surface area (Å²) in [7, 11) is 3.84. The van der Waals surface area contributed by atoms with Crippen LogP contribution in [0.2, 0.25) is 0 Å². The molecule has 90 valence electrons. The highest BCUT2D eigenvalue weighted by Crippen LogP contribution is 2.20. The van der Waals surface area contributed by atoms with E-state index >= 15 is 0 Å². The van der Waals surface area contributed by atoms with Crippen LogP contribution in [0.25, 0.3) is 0 Å². The van der Waals surface area contributed by atoms with E-state index in [4.69, 9.17) is 4.74 Å². The Morgan fingerprint density at radius 3 is 3.12 bits per heavy atom. The minimum atomic E-state index is 0.438. The van der Waals surface area contributed by atoms with Crippen LogP contribution in [0.4, 0.5) is 0 Å². The largest absolute Gasteiger partial charge is 0.381 e. The Morgan fingerprint density at radius 2 is 2.44 bits per heavy atom. The third-order valence-corrected chi connectivity index (χ3v) is 3.43. The van der Waals surface area contributed by atoms with Crippen molar-refractivity contribution in [1.29, 1.82) is 0 Å². The average Bonchev–Trinajstić information content (AvgIpc) is 2.72. The Balaban J connectivity index is 1.79. The molecule has 2 rings (SSSR count). The molecule has 2 unspecified atom stereocenters. The first-order chi connectivity index (χ1) is 7.79. The molecule has 4 nitrogen and oxygen atoms in total. The maximum atomic E-state index is 5.42. The molecule has 0 saturated heterocycles. The van der Waals surface area contributed by atoms with Crippen molar-refractivity contribution in [2.24, 2.45) is 7.05 Å². The van der Waals surface area contributed by atoms with E-state index in [1.54, 1.807) is 0 Å². The number of methoxy groups -OCH3 is 1. The van der Waals surface area contributed by atoms with E-state index in [9.17, 15) is 0 Å². The number of ether oxygens (including phenoxy) is 1. The van der Waals surface area contributed by atoms with Gasteiger partial charge in [-0.1, -0.05) is 0 Å². The number of aromatic nitrogens is 2. The molecule has 0 bridgehead atoms. The summed E-state index contributed by atoms with van der Waals surface area (Å²) in [5, 5.41) is 3.57. The highest BCUT2D eigenvalue weighted by molar-refractivity contribution is 4.91. The third kappa shape index (κ3) is 2.83. The summed E-state index contributed by atoms with van der Waals surface area (Å²) in [6, 6.07) is 0.579. The first-order valence-electron chi connectivity index (χ1n) is 6.02. The van der Waals surface area contributed by atoms with Gasteiger partial charge in [0.2, 0.25) is 0 Å². The number of rotatable bonds is 4. The maximum Gasteiger partial charge on any atom is 0.122 e. The van der Waals surface area contributed by atoms with Crippen LogP contribution in [0.3, 0.4) is 0 Å². The molecule has 1 aromatic heterocycles. The predicted octanol–water partition coefficient (Wildman–Crippen LogP) is 1.47. The highest BCUT2D eigenvalue weighted by Gasteiger charge is 2.21. The van der Waals surface area contributed by atoms with Crippen LogP contribution in [0.5, 0.6) is 0 Å². The molecule has 1 aliphatic rings. The number of nitrogens with zero attached hydrogens (tertiary/aromatic N) is 2. The van der Waals surface area contributed by atoms with E-state index in [1.165, 1.54) is 19.3 Å². The minimum Gasteiger partial charge on any atom is -0.381 e. The molecule has 0 spiro atoms. The quantitative estimate of drug-likeness (QED) is 0.840. The maximum absolute atomic E-state index is 5.42. The van der Waals surface area contributed by atoms with Crippen molar-refractivity contribution >= 4 is 0 Å². The minimum absolute atomic E-state index is 0.438. The Kier molecular flexibility index (Phi) is 3.96. The molecule has 0 aromatic carbocycles. The van der Waals surface area contributed by atoms with Crippen molar-refractivity contribution in [3.8, 4) is 0 Å². The lowest BCUT2D eigenvalue weighted by Crippen LogP contribution is -2.36. The van der Waals surface area contributed by atoms with Gasteiger partial charge >= 0.3 is 0 Å². The molecule has 4 heteroatoms. The third-order valence-electron chi connectivity index (χ3n) is 3.43. The van der Waals surface area contributed by atoms with Crippen molar-refractivity contribution in [1.82, 2.24) is 14.9 Å². The van der Waals surface area contributed by atoms with E-state index in [1.807, 2.05) is 26.6 Å². The van der Waals surface area contributed by atoms with Gasteiger partial charge in [-0.3, -0.25) is 0 Å². The molecule has 2 atom stereocenters. The van der Waals surface area contributed by atoms with Gasteiger partial charge < -0.3 is 14.6 Å². The standard InChI is InChI=1S/C12H21N3O/c1-15-7-6-13-12(15)9-14-10-4-3-5-11(8-10)16-2/h6-7,10-11,14H,3-5,8-9H2,1-2H3. The van der Waals surface area contributed by atoms with Gasteiger partial charge in [0.05, 0.1) is 12.6 Å². The fourth-order valence-electron chi connectivity index (χ4n) is 2.35. The van der Waals surface area contributed by atoms with E-state index in [0.29, 0.717) is 12.1 Å². The average molecular weight is 223 g/mol. The molecular formula is C12H21N3O. The van der Waals surface area contributed by atoms with Crippen molar-refractivity contribution in [2.45, 2.75) is 44.4 Å². The Bertz CT molecular complexity index is 324. The van der Waals surface area contributed by atoms with Gasteiger partial charge in [-0.2, -0.15) is 0 Å². The predicted molar refractivity (Wildman–Crippen MR) is 63.1 cm³/mol. The Labute approximate surface area is 97.0 Å². The van der Waals surface area contributed by atoms with Crippen molar-refractivity contribution in [3.63, 3.8) is 0 Å². The second-order valence-electron chi connectivity index (χ2n) is 4.56. The summed E-state index contributed by atoms with van der Waals surface area (Å²) in [6.45, 7) is 0.852. The summed E-state index contributed by atoms with van der Waals surface area (Å²) in [6.07, 6.45) is 9.11. The number of hydrogen-bond donors (Lipinski definition) is 1. The summed E-state index contributed by atoms with van der Waals surface area (Å²) in [4.78, 5) is 4.31. The van der Waals surface area contributed by atoms with Gasteiger partial charge in [-0.05, 0) is 25.7 Å². The van der Waals surface area contributed by atoms with Crippen LogP contribution >= 0.6 is 0 Å². The first-order valence-corrected chi connectivity index (χ1v) is 6.02. The number of aryl methyl sites for hydroxylation is 1. The van der Waals surface area contributed by atoms with Gasteiger partial charge in [0.1, 0.15) is 5.82 Å². The summed E-state index contributed by atoms with van der Waals surface area (Å²) in [5.74, 6) is 1.10. The van der Waals surface area contributed by atoms with Gasteiger partial charge in [-0.25, -0.2) is 4.98 Å². The Morgan fingerprint density at radius 1 is 1.56 bits per heavy atom. The number of imidazole rings is 1. The molecule has 1 aliphatic carbocycles. The van der Waals surface area contributed by atoms with Crippen LogP contribution in [0.1, 0.15) is 31.5 Å². The fourth-order valence-corrected chi connectivity index (χ4v) is 2.35. The van der Waals surface area contributed by atoms with Gasteiger partial charge in [0, 0.05) is 32.6 Å². The van der Waals surface area contributed by atoms with Gasteiger partial charge in [-0.15, -0.1) is 0 Å². The number of hydrogen-bond acceptors (Lipinski definition) is 3. The van der Waals surface area contributed by atoms with E-state index in [2.05, 4.69) is 14.9 Å². The van der Waals surface area contributed by atoms with Crippen molar-refractivity contribution in [2.75, 3.05) is 7.11 Å². The zero-order valence-electron chi connectivity index (χ0n) is 10.1. The SMILES string of the molecule is COC1CCCC(NCc2nccn2C)C1. The van der Waals surface area contributed by atoms with Crippen LogP contribution in [0, 0.1) is 0 Å². The number of nitrogens with one attached hydrogen (secondary N) is 1. The lowest BCUT2D eigenvalue weighted by atomic mass is 9.93. The smallest absolute Gasteiger partial charge is 0.122 e. The van der Waals surface area contributed by atoms with Crippen molar-refractivity contribution in [3.05, 3.63) is 18.2 Å². The molecule has 0 radical (unpaired) electrons. The second-order valence-corrected chi connectivity index (χ2v) is 4.56. The zero-order valence-corrected chi connectivity index (χ0v) is 10.1. The lowest BCUT2D eigenvalue weighted by Gasteiger charge is -2.28. The normalized spacial score (nSPS) is 25.9. The highest BCUT2D eigenvalue weighted by atomic mass is 16.5. The van der Waals surface area contributed by atoms with E-state index in [0.717, 1.165) is 18.8 Å². The van der Waals surface area contributed by atoms with Crippen LogP contribution < -0.4 is 5.32 Å². The molecule has 1 aromatic rings. The first kappa shape index (κ1) is 11.6. The van der Waals surface area contributed by atoms with E-state index in [-0.39, 0.29) is 0 Å². The van der Waals surface area contributed by atoms with E-state index < -0.39 is 0 Å². The molecule has 1 heterocycles. The Hall–Kier alpha value is -0.870. The topological polar surface area (TPSA) is 39.1 Å². The molecule has 1 N–H and O–H groups in total. The summed E-state index contributed by atoms with van der Waals surface area (Å²) >= 11 is 0. The van der Waals surface area contributed by atoms with Gasteiger partial charge in [0.15, 0.2) is 0 Å². The second kappa shape index (κ2) is 5.46. The summed E-state index contributed by atoms with van der Waals surface area (Å²) < 4.78 is 7.48. The molecule has 16 heavy (non-hydrogen) atoms. The van der Waals surface area contributed by atoms with Crippen LogP contribution in [0.15, 0.2) is 12.4 Å². The van der Waals surface area contributed by atoms with Gasteiger partial charge in [0.25, 0.3) is 0 Å². The molecule has 0 amide bonds. The van der Waals surface area contributed by atoms with Crippen molar-refractivity contribution < 1.29 is 4.74 Å². The molecule has 1 saturated carbocycles. The fraction of sp³-hybridized carbons (Fsp3) is 0.750. The van der Waals surface area contributed by atoms with Crippen LogP contribution in [-0.2, 0) is 18.3 Å². The molecule has 0 aliphatic heterocycles. The lowest BCUT2D eigenvalue weighted by molar-refractivity contribution is 0.0585. The van der Waals surface area contributed by atoms with Crippen LogP contribution in [-0.4, -0.2) is 28.8 Å². The molecule has 1 fully saturated rings. The zero-order chi connectivity index (χ0) is 11.4. The summed E-state index contributed by atoms with van der Waals surface area (Å²) in [5.41, 5.74) is 0. The molecular weight excluding hydrogens is 202 g/mol. The monoisotopic (exact) mass is 223 g/mol.